The summed E-state index contributed by atoms with van der Waals surface area (Å²) in [6.07, 6.45) is 2.20. The van der Waals surface area contributed by atoms with Crippen LogP contribution in [0.1, 0.15) is 23.4 Å². The summed E-state index contributed by atoms with van der Waals surface area (Å²) in [7, 11) is 0. The molecule has 0 saturated carbocycles. The van der Waals surface area contributed by atoms with Crippen molar-refractivity contribution in [2.24, 2.45) is 0 Å². The molecule has 1 aromatic heterocycles. The fraction of sp³-hybridized carbons (Fsp3) is 0.455. The number of anilines is 1. The second-order valence-electron chi connectivity index (χ2n) is 8.10. The van der Waals surface area contributed by atoms with E-state index in [0.717, 1.165) is 49.7 Å². The van der Waals surface area contributed by atoms with Crippen molar-refractivity contribution in [3.05, 3.63) is 59.4 Å². The molecule has 0 N–H and O–H groups in total. The van der Waals surface area contributed by atoms with Crippen molar-refractivity contribution < 1.29 is 4.79 Å². The minimum absolute atomic E-state index is 0.253. The van der Waals surface area contributed by atoms with Gasteiger partial charge in [-0.05, 0) is 43.5 Å². The normalized spacial score (nSPS) is 24.6. The van der Waals surface area contributed by atoms with Gasteiger partial charge in [0.05, 0.1) is 12.2 Å². The molecule has 3 fully saturated rings. The Balaban J connectivity index is 1.19. The number of para-hydroxylation sites is 1. The van der Waals surface area contributed by atoms with E-state index in [9.17, 15) is 4.79 Å². The Bertz CT molecular complexity index is 855. The smallest absolute Gasteiger partial charge is 0.241 e. The first kappa shape index (κ1) is 16.9. The van der Waals surface area contributed by atoms with Crippen LogP contribution in [-0.4, -0.2) is 59.0 Å². The Labute approximate surface area is 160 Å². The van der Waals surface area contributed by atoms with Crippen LogP contribution in [0.25, 0.3) is 0 Å². The average Bonchev–Trinajstić information content (AvgIpc) is 3.10. The van der Waals surface area contributed by atoms with Crippen LogP contribution in [0.5, 0.6) is 0 Å². The predicted octanol–water partition coefficient (Wildman–Crippen LogP) is 2.24. The van der Waals surface area contributed by atoms with Gasteiger partial charge < -0.3 is 4.90 Å². The molecule has 140 valence electrons. The first-order valence-corrected chi connectivity index (χ1v) is 9.96. The number of nitrogens with zero attached hydrogens (tertiary/aromatic N) is 4. The number of fused-ring (bicyclic) bond motifs is 3. The summed E-state index contributed by atoms with van der Waals surface area (Å²) in [5.74, 6) is 0.253. The Kier molecular flexibility index (Phi) is 4.21. The van der Waals surface area contributed by atoms with Crippen molar-refractivity contribution in [1.29, 1.82) is 0 Å². The van der Waals surface area contributed by atoms with Crippen LogP contribution >= 0.6 is 0 Å². The molecule has 6 rings (SSSR count). The molecular weight excluding hydrogens is 336 g/mol. The number of pyridine rings is 1. The van der Waals surface area contributed by atoms with Gasteiger partial charge in [-0.3, -0.25) is 19.6 Å². The average molecular weight is 362 g/mol. The van der Waals surface area contributed by atoms with Gasteiger partial charge in [0.1, 0.15) is 0 Å². The van der Waals surface area contributed by atoms with Gasteiger partial charge >= 0.3 is 0 Å². The van der Waals surface area contributed by atoms with Gasteiger partial charge in [0.25, 0.3) is 0 Å². The van der Waals surface area contributed by atoms with Crippen molar-refractivity contribution in [3.63, 3.8) is 0 Å². The maximum absolute atomic E-state index is 12.9. The SMILES string of the molecule is Cc1cccc(CN2CC3CC(C2)N3CC(=O)N2CCc3ccccc32)n1. The van der Waals surface area contributed by atoms with E-state index < -0.39 is 0 Å². The second-order valence-corrected chi connectivity index (χ2v) is 8.10. The molecule has 4 aliphatic heterocycles. The quantitative estimate of drug-likeness (QED) is 0.836. The fourth-order valence-corrected chi connectivity index (χ4v) is 4.92. The zero-order chi connectivity index (χ0) is 18.4. The highest BCUT2D eigenvalue weighted by Crippen LogP contribution is 2.34. The zero-order valence-corrected chi connectivity index (χ0v) is 15.8. The lowest BCUT2D eigenvalue weighted by Crippen LogP contribution is -2.69. The fourth-order valence-electron chi connectivity index (χ4n) is 4.92. The van der Waals surface area contributed by atoms with Gasteiger partial charge in [-0.1, -0.05) is 24.3 Å². The lowest BCUT2D eigenvalue weighted by atomic mass is 9.87. The van der Waals surface area contributed by atoms with E-state index >= 15 is 0 Å². The van der Waals surface area contributed by atoms with Gasteiger partial charge in [-0.25, -0.2) is 0 Å². The number of carbonyl (C=O) groups excluding carboxylic acids is 1. The summed E-state index contributed by atoms with van der Waals surface area (Å²) in [4.78, 5) is 24.4. The molecule has 3 saturated heterocycles. The Hall–Kier alpha value is -2.24. The van der Waals surface area contributed by atoms with E-state index in [1.807, 2.05) is 24.0 Å². The van der Waals surface area contributed by atoms with Crippen LogP contribution in [0.2, 0.25) is 0 Å². The number of piperidine rings is 1. The van der Waals surface area contributed by atoms with E-state index in [-0.39, 0.29) is 5.91 Å². The third-order valence-electron chi connectivity index (χ3n) is 6.26. The van der Waals surface area contributed by atoms with Crippen molar-refractivity contribution in [1.82, 2.24) is 14.8 Å². The number of benzene rings is 1. The Morgan fingerprint density at radius 2 is 1.93 bits per heavy atom. The molecule has 2 unspecified atom stereocenters. The molecule has 5 heteroatoms. The van der Waals surface area contributed by atoms with E-state index in [2.05, 4.69) is 45.1 Å². The number of hydrogen-bond acceptors (Lipinski definition) is 4. The highest BCUT2D eigenvalue weighted by atomic mass is 16.2. The molecule has 0 spiro atoms. The van der Waals surface area contributed by atoms with Gasteiger partial charge in [0.15, 0.2) is 0 Å². The molecule has 1 aromatic carbocycles. The predicted molar refractivity (Wildman–Crippen MR) is 106 cm³/mol. The molecule has 5 nitrogen and oxygen atoms in total. The monoisotopic (exact) mass is 362 g/mol. The Morgan fingerprint density at radius 1 is 1.11 bits per heavy atom. The summed E-state index contributed by atoms with van der Waals surface area (Å²) < 4.78 is 0. The van der Waals surface area contributed by atoms with Crippen LogP contribution in [0.15, 0.2) is 42.5 Å². The molecule has 5 heterocycles. The maximum Gasteiger partial charge on any atom is 0.241 e. The molecule has 0 aliphatic carbocycles. The minimum atomic E-state index is 0.253. The van der Waals surface area contributed by atoms with Gasteiger partial charge in [-0.15, -0.1) is 0 Å². The van der Waals surface area contributed by atoms with E-state index in [1.54, 1.807) is 0 Å². The number of piperazine rings is 1. The summed E-state index contributed by atoms with van der Waals surface area (Å²) in [6.45, 7) is 6.41. The van der Waals surface area contributed by atoms with Crippen molar-refractivity contribution in [3.8, 4) is 0 Å². The summed E-state index contributed by atoms with van der Waals surface area (Å²) in [6, 6.07) is 15.6. The lowest BCUT2D eigenvalue weighted by Gasteiger charge is -2.56. The Morgan fingerprint density at radius 3 is 2.74 bits per heavy atom. The number of aromatic nitrogens is 1. The van der Waals surface area contributed by atoms with E-state index in [0.29, 0.717) is 18.6 Å². The van der Waals surface area contributed by atoms with Crippen LogP contribution in [0.3, 0.4) is 0 Å². The van der Waals surface area contributed by atoms with Gasteiger partial charge in [-0.2, -0.15) is 0 Å². The van der Waals surface area contributed by atoms with Crippen LogP contribution in [0, 0.1) is 6.92 Å². The molecule has 2 atom stereocenters. The van der Waals surface area contributed by atoms with E-state index in [4.69, 9.17) is 0 Å². The van der Waals surface area contributed by atoms with Crippen LogP contribution in [-0.2, 0) is 17.8 Å². The highest BCUT2D eigenvalue weighted by molar-refractivity contribution is 5.96. The standard InChI is InChI=1S/C22H26N4O/c1-16-5-4-7-18(23-16)12-24-13-19-11-20(14-24)26(19)15-22(27)25-10-9-17-6-2-3-8-21(17)25/h2-8,19-20H,9-15H2,1H3. The summed E-state index contributed by atoms with van der Waals surface area (Å²) in [5, 5.41) is 0. The zero-order valence-electron chi connectivity index (χ0n) is 15.8. The van der Waals surface area contributed by atoms with Crippen LogP contribution < -0.4 is 4.90 Å². The molecule has 4 aliphatic rings. The molecule has 27 heavy (non-hydrogen) atoms. The van der Waals surface area contributed by atoms with Crippen molar-refractivity contribution in [2.75, 3.05) is 31.1 Å². The number of aryl methyl sites for hydroxylation is 1. The number of rotatable bonds is 4. The lowest BCUT2D eigenvalue weighted by molar-refractivity contribution is -0.128. The topological polar surface area (TPSA) is 39.7 Å². The first-order valence-electron chi connectivity index (χ1n) is 9.96. The number of carbonyl (C=O) groups is 1. The van der Waals surface area contributed by atoms with E-state index in [1.165, 1.54) is 12.0 Å². The van der Waals surface area contributed by atoms with Crippen LogP contribution in [0.4, 0.5) is 5.69 Å². The van der Waals surface area contributed by atoms with Crippen molar-refractivity contribution >= 4 is 11.6 Å². The third kappa shape index (κ3) is 3.15. The summed E-state index contributed by atoms with van der Waals surface area (Å²) in [5.41, 5.74) is 4.63. The van der Waals surface area contributed by atoms with Gasteiger partial charge in [0.2, 0.25) is 5.91 Å². The van der Waals surface area contributed by atoms with Gasteiger partial charge in [0, 0.05) is 49.6 Å². The molecule has 2 aromatic rings. The number of hydrogen-bond donors (Lipinski definition) is 0. The molecular formula is C22H26N4O. The molecule has 0 radical (unpaired) electrons. The largest absolute Gasteiger partial charge is 0.311 e. The molecule has 2 bridgehead atoms. The molecule has 1 amide bonds. The maximum atomic E-state index is 12.9. The van der Waals surface area contributed by atoms with Crippen molar-refractivity contribution in [2.45, 2.75) is 38.4 Å². The third-order valence-corrected chi connectivity index (χ3v) is 6.26. The highest BCUT2D eigenvalue weighted by Gasteiger charge is 2.45. The summed E-state index contributed by atoms with van der Waals surface area (Å²) >= 11 is 0. The number of amides is 1. The minimum Gasteiger partial charge on any atom is -0.311 e. The first-order chi connectivity index (χ1) is 13.2. The second kappa shape index (κ2) is 6.73.